The lowest BCUT2D eigenvalue weighted by Gasteiger charge is -2.13. The van der Waals surface area contributed by atoms with Gasteiger partial charge in [0.1, 0.15) is 0 Å². The van der Waals surface area contributed by atoms with Gasteiger partial charge in [0.25, 0.3) is 0 Å². The first-order chi connectivity index (χ1) is 9.22. The number of aryl methyl sites for hydroxylation is 1. The Morgan fingerprint density at radius 1 is 1.29 bits per heavy atom. The first-order valence-electron chi connectivity index (χ1n) is 6.80. The van der Waals surface area contributed by atoms with E-state index >= 15 is 0 Å². The first kappa shape index (κ1) is 18.0. The fourth-order valence-electron chi connectivity index (χ4n) is 2.66. The van der Waals surface area contributed by atoms with Gasteiger partial charge in [-0.05, 0) is 25.0 Å². The second-order valence-corrected chi connectivity index (χ2v) is 5.36. The number of hydrogen-bond acceptors (Lipinski definition) is 3. The van der Waals surface area contributed by atoms with E-state index in [9.17, 15) is 0 Å². The fraction of sp³-hybridized carbons (Fsp3) is 0.400. The summed E-state index contributed by atoms with van der Waals surface area (Å²) in [6, 6.07) is 8.64. The third kappa shape index (κ3) is 4.20. The van der Waals surface area contributed by atoms with Gasteiger partial charge < -0.3 is 5.73 Å². The van der Waals surface area contributed by atoms with Gasteiger partial charge in [-0.3, -0.25) is 4.90 Å². The molecule has 2 N–H and O–H groups in total. The number of nitrogens with two attached hydrogens (primary N) is 1. The third-order valence-electron chi connectivity index (χ3n) is 3.71. The molecule has 0 radical (unpaired) electrons. The maximum absolute atomic E-state index is 5.93. The number of aromatic nitrogens is 2. The Kier molecular flexibility index (Phi) is 6.68. The number of likely N-dealkylation sites (tertiary alicyclic amines) is 1. The Bertz CT molecular complexity index is 570. The van der Waals surface area contributed by atoms with Crippen molar-refractivity contribution in [3.8, 4) is 5.69 Å². The molecule has 2 aromatic rings. The lowest BCUT2D eigenvalue weighted by atomic mass is 10.2. The molecule has 1 aromatic heterocycles. The minimum atomic E-state index is 0. The topological polar surface area (TPSA) is 47.1 Å². The van der Waals surface area contributed by atoms with E-state index in [4.69, 9.17) is 5.73 Å². The van der Waals surface area contributed by atoms with Crippen molar-refractivity contribution in [3.05, 3.63) is 47.8 Å². The van der Waals surface area contributed by atoms with Gasteiger partial charge in [-0.15, -0.1) is 24.8 Å². The molecule has 6 heteroatoms. The Morgan fingerprint density at radius 2 is 2.05 bits per heavy atom. The van der Waals surface area contributed by atoms with Crippen LogP contribution in [-0.2, 0) is 6.54 Å². The molecule has 1 unspecified atom stereocenters. The van der Waals surface area contributed by atoms with Crippen LogP contribution < -0.4 is 5.73 Å². The molecule has 0 amide bonds. The van der Waals surface area contributed by atoms with Gasteiger partial charge in [-0.1, -0.05) is 18.2 Å². The Hall–Kier alpha value is -1.07. The molecule has 3 rings (SSSR count). The van der Waals surface area contributed by atoms with Crippen LogP contribution in [0.2, 0.25) is 0 Å². The normalized spacial score (nSPS) is 18.1. The summed E-state index contributed by atoms with van der Waals surface area (Å²) in [6.07, 6.45) is 5.17. The van der Waals surface area contributed by atoms with E-state index in [1.807, 2.05) is 16.9 Å². The van der Waals surface area contributed by atoms with Crippen LogP contribution in [-0.4, -0.2) is 33.8 Å². The second kappa shape index (κ2) is 7.80. The SMILES string of the molecule is Cc1ccccc1-n1cc(CN2CCC(N)C2)cn1.Cl.Cl. The quantitative estimate of drug-likeness (QED) is 0.941. The minimum absolute atomic E-state index is 0. The molecular formula is C15H22Cl2N4. The highest BCUT2D eigenvalue weighted by Crippen LogP contribution is 2.15. The lowest BCUT2D eigenvalue weighted by molar-refractivity contribution is 0.327. The molecule has 1 atom stereocenters. The molecule has 0 bridgehead atoms. The van der Waals surface area contributed by atoms with E-state index in [0.717, 1.165) is 31.7 Å². The van der Waals surface area contributed by atoms with Gasteiger partial charge >= 0.3 is 0 Å². The van der Waals surface area contributed by atoms with Crippen molar-refractivity contribution in [3.63, 3.8) is 0 Å². The molecule has 116 valence electrons. The molecule has 21 heavy (non-hydrogen) atoms. The van der Waals surface area contributed by atoms with Gasteiger partial charge in [0, 0.05) is 37.4 Å². The predicted octanol–water partition coefficient (Wildman–Crippen LogP) is 2.56. The Labute approximate surface area is 138 Å². The summed E-state index contributed by atoms with van der Waals surface area (Å²) in [7, 11) is 0. The monoisotopic (exact) mass is 328 g/mol. The lowest BCUT2D eigenvalue weighted by Crippen LogP contribution is -2.26. The number of benzene rings is 1. The van der Waals surface area contributed by atoms with Crippen LogP contribution in [0.1, 0.15) is 17.5 Å². The van der Waals surface area contributed by atoms with Crippen molar-refractivity contribution < 1.29 is 0 Å². The average Bonchev–Trinajstić information content (AvgIpc) is 3.00. The van der Waals surface area contributed by atoms with Crippen LogP contribution in [0.5, 0.6) is 0 Å². The Balaban J connectivity index is 0.00000110. The van der Waals surface area contributed by atoms with Crippen LogP contribution in [0.25, 0.3) is 5.69 Å². The molecule has 1 fully saturated rings. The number of rotatable bonds is 3. The molecule has 1 saturated heterocycles. The van der Waals surface area contributed by atoms with E-state index < -0.39 is 0 Å². The standard InChI is InChI=1S/C15H20N4.2ClH/c1-12-4-2-3-5-15(12)19-10-13(8-17-19)9-18-7-6-14(16)11-18;;/h2-5,8,10,14H,6-7,9,11,16H2,1H3;2*1H. The highest BCUT2D eigenvalue weighted by atomic mass is 35.5. The summed E-state index contributed by atoms with van der Waals surface area (Å²) in [5.41, 5.74) is 9.56. The fourth-order valence-corrected chi connectivity index (χ4v) is 2.66. The zero-order valence-electron chi connectivity index (χ0n) is 12.1. The number of nitrogens with zero attached hydrogens (tertiary/aromatic N) is 3. The van der Waals surface area contributed by atoms with Gasteiger partial charge in [-0.25, -0.2) is 4.68 Å². The van der Waals surface area contributed by atoms with Crippen LogP contribution in [0.4, 0.5) is 0 Å². The molecule has 0 saturated carbocycles. The summed E-state index contributed by atoms with van der Waals surface area (Å²) < 4.78 is 1.96. The first-order valence-corrected chi connectivity index (χ1v) is 6.80. The van der Waals surface area contributed by atoms with Crippen molar-refractivity contribution in [2.75, 3.05) is 13.1 Å². The van der Waals surface area contributed by atoms with Crippen molar-refractivity contribution in [2.24, 2.45) is 5.73 Å². The third-order valence-corrected chi connectivity index (χ3v) is 3.71. The van der Waals surface area contributed by atoms with Crippen LogP contribution in [0, 0.1) is 6.92 Å². The van der Waals surface area contributed by atoms with E-state index in [2.05, 4.69) is 41.3 Å². The van der Waals surface area contributed by atoms with E-state index in [1.54, 1.807) is 0 Å². The second-order valence-electron chi connectivity index (χ2n) is 5.36. The maximum atomic E-state index is 5.93. The van der Waals surface area contributed by atoms with Crippen LogP contribution >= 0.6 is 24.8 Å². The van der Waals surface area contributed by atoms with E-state index in [0.29, 0.717) is 6.04 Å². The summed E-state index contributed by atoms with van der Waals surface area (Å²) in [4.78, 5) is 2.39. The summed E-state index contributed by atoms with van der Waals surface area (Å²) in [5.74, 6) is 0. The molecule has 0 aliphatic carbocycles. The van der Waals surface area contributed by atoms with Gasteiger partial charge in [0.15, 0.2) is 0 Å². The van der Waals surface area contributed by atoms with Crippen LogP contribution in [0.15, 0.2) is 36.7 Å². The highest BCUT2D eigenvalue weighted by Gasteiger charge is 2.19. The summed E-state index contributed by atoms with van der Waals surface area (Å²) in [6.45, 7) is 5.14. The smallest absolute Gasteiger partial charge is 0.0674 e. The largest absolute Gasteiger partial charge is 0.326 e. The molecule has 1 aliphatic rings. The highest BCUT2D eigenvalue weighted by molar-refractivity contribution is 5.85. The van der Waals surface area contributed by atoms with Crippen molar-refractivity contribution in [1.82, 2.24) is 14.7 Å². The molecule has 1 aliphatic heterocycles. The van der Waals surface area contributed by atoms with Crippen molar-refractivity contribution in [2.45, 2.75) is 25.9 Å². The summed E-state index contributed by atoms with van der Waals surface area (Å²) in [5, 5.41) is 4.47. The van der Waals surface area contributed by atoms with Gasteiger partial charge in [0.05, 0.1) is 11.9 Å². The maximum Gasteiger partial charge on any atom is 0.0674 e. The molecule has 2 heterocycles. The van der Waals surface area contributed by atoms with Gasteiger partial charge in [-0.2, -0.15) is 5.10 Å². The zero-order valence-corrected chi connectivity index (χ0v) is 13.7. The summed E-state index contributed by atoms with van der Waals surface area (Å²) >= 11 is 0. The molecule has 1 aromatic carbocycles. The van der Waals surface area contributed by atoms with Gasteiger partial charge in [0.2, 0.25) is 0 Å². The zero-order chi connectivity index (χ0) is 13.2. The van der Waals surface area contributed by atoms with E-state index in [-0.39, 0.29) is 24.8 Å². The number of hydrogen-bond donors (Lipinski definition) is 1. The number of halogens is 2. The molecular weight excluding hydrogens is 307 g/mol. The van der Waals surface area contributed by atoms with Crippen molar-refractivity contribution in [1.29, 1.82) is 0 Å². The van der Waals surface area contributed by atoms with Crippen LogP contribution in [0.3, 0.4) is 0 Å². The molecule has 0 spiro atoms. The average molecular weight is 329 g/mol. The van der Waals surface area contributed by atoms with E-state index in [1.165, 1.54) is 11.1 Å². The van der Waals surface area contributed by atoms with Crippen molar-refractivity contribution >= 4 is 24.8 Å². The Morgan fingerprint density at radius 3 is 2.71 bits per heavy atom. The minimum Gasteiger partial charge on any atom is -0.326 e. The molecule has 4 nitrogen and oxygen atoms in total. The number of para-hydroxylation sites is 1. The predicted molar refractivity (Wildman–Crippen MR) is 90.7 cm³/mol.